The zero-order chi connectivity index (χ0) is 27.2. The van der Waals surface area contributed by atoms with Crippen LogP contribution >= 0.6 is 0 Å². The Morgan fingerprint density at radius 2 is 1.11 bits per heavy atom. The van der Waals surface area contributed by atoms with Crippen LogP contribution in [0.2, 0.25) is 0 Å². The van der Waals surface area contributed by atoms with Crippen LogP contribution in [0, 0.1) is 12.3 Å². The summed E-state index contributed by atoms with van der Waals surface area (Å²) in [6.45, 7) is 8.54. The fraction of sp³-hybridized carbons (Fsp3) is 0.758. The lowest BCUT2D eigenvalue weighted by Crippen LogP contribution is -2.41. The van der Waals surface area contributed by atoms with Crippen molar-refractivity contribution in [1.82, 2.24) is 0 Å². The van der Waals surface area contributed by atoms with E-state index in [-0.39, 0.29) is 6.61 Å². The number of benzene rings is 1. The van der Waals surface area contributed by atoms with Gasteiger partial charge in [0.05, 0.1) is 6.61 Å². The van der Waals surface area contributed by atoms with Crippen LogP contribution in [0.15, 0.2) is 24.3 Å². The van der Waals surface area contributed by atoms with Gasteiger partial charge in [-0.3, -0.25) is 9.59 Å². The Bertz CT molecular complexity index is 723. The summed E-state index contributed by atoms with van der Waals surface area (Å²) < 4.78 is 11.1. The van der Waals surface area contributed by atoms with Crippen LogP contribution in [0.3, 0.4) is 0 Å². The highest BCUT2D eigenvalue weighted by Gasteiger charge is 2.45. The third-order valence-electron chi connectivity index (χ3n) is 7.67. The van der Waals surface area contributed by atoms with E-state index in [1.165, 1.54) is 89.9 Å². The van der Waals surface area contributed by atoms with Gasteiger partial charge in [0.15, 0.2) is 5.41 Å². The van der Waals surface area contributed by atoms with Gasteiger partial charge in [0.25, 0.3) is 0 Å². The molecule has 0 radical (unpaired) electrons. The number of aryl methyl sites for hydroxylation is 1. The number of hydrogen-bond acceptors (Lipinski definition) is 4. The van der Waals surface area contributed by atoms with E-state index in [2.05, 4.69) is 6.92 Å². The van der Waals surface area contributed by atoms with E-state index in [0.29, 0.717) is 19.4 Å². The van der Waals surface area contributed by atoms with Gasteiger partial charge in [-0.15, -0.1) is 0 Å². The van der Waals surface area contributed by atoms with Gasteiger partial charge in [-0.2, -0.15) is 0 Å². The number of carbonyl (C=O) groups is 2. The molecule has 1 rings (SSSR count). The van der Waals surface area contributed by atoms with Gasteiger partial charge >= 0.3 is 11.9 Å². The van der Waals surface area contributed by atoms with Crippen molar-refractivity contribution in [2.45, 2.75) is 150 Å². The Kier molecular flexibility index (Phi) is 19.0. The SMILES string of the molecule is CCCCCCCCCCCCCCCCCCOC(=O)C(CC)(CC)C(=O)OCc1cccc(C)c1. The molecule has 212 valence electrons. The molecule has 0 heterocycles. The van der Waals surface area contributed by atoms with Gasteiger partial charge in [-0.25, -0.2) is 0 Å². The van der Waals surface area contributed by atoms with E-state index in [1.54, 1.807) is 0 Å². The summed E-state index contributed by atoms with van der Waals surface area (Å²) in [5.74, 6) is -0.913. The van der Waals surface area contributed by atoms with E-state index in [4.69, 9.17) is 9.47 Å². The zero-order valence-corrected chi connectivity index (χ0v) is 24.6. The van der Waals surface area contributed by atoms with Crippen LogP contribution in [0.25, 0.3) is 0 Å². The maximum Gasteiger partial charge on any atom is 0.323 e. The summed E-state index contributed by atoms with van der Waals surface area (Å²) in [7, 11) is 0. The van der Waals surface area contributed by atoms with Gasteiger partial charge in [0.1, 0.15) is 6.61 Å². The monoisotopic (exact) mass is 516 g/mol. The molecule has 4 nitrogen and oxygen atoms in total. The summed E-state index contributed by atoms with van der Waals surface area (Å²) >= 11 is 0. The molecule has 0 atom stereocenters. The maximum atomic E-state index is 12.9. The van der Waals surface area contributed by atoms with E-state index in [1.807, 2.05) is 45.0 Å². The first-order chi connectivity index (χ1) is 18.0. The second-order valence-corrected chi connectivity index (χ2v) is 10.8. The fourth-order valence-corrected chi connectivity index (χ4v) is 4.95. The minimum absolute atomic E-state index is 0.175. The molecule has 0 aliphatic rings. The molecule has 0 amide bonds. The van der Waals surface area contributed by atoms with Crippen molar-refractivity contribution in [3.63, 3.8) is 0 Å². The number of unbranched alkanes of at least 4 members (excludes halogenated alkanes) is 15. The highest BCUT2D eigenvalue weighted by atomic mass is 16.6. The predicted octanol–water partition coefficient (Wildman–Crippen LogP) is 9.65. The molecule has 1 aromatic carbocycles. The topological polar surface area (TPSA) is 52.6 Å². The quantitative estimate of drug-likeness (QED) is 0.0825. The average Bonchev–Trinajstić information content (AvgIpc) is 2.90. The molecular weight excluding hydrogens is 460 g/mol. The molecule has 0 spiro atoms. The van der Waals surface area contributed by atoms with Gasteiger partial charge in [-0.1, -0.05) is 147 Å². The molecule has 0 aliphatic heterocycles. The summed E-state index contributed by atoms with van der Waals surface area (Å²) in [6, 6.07) is 7.86. The number of carbonyl (C=O) groups excluding carboxylic acids is 2. The van der Waals surface area contributed by atoms with Crippen molar-refractivity contribution in [1.29, 1.82) is 0 Å². The van der Waals surface area contributed by atoms with Crippen molar-refractivity contribution in [2.24, 2.45) is 5.41 Å². The first-order valence-corrected chi connectivity index (χ1v) is 15.4. The van der Waals surface area contributed by atoms with E-state index >= 15 is 0 Å². The van der Waals surface area contributed by atoms with Gasteiger partial charge in [0, 0.05) is 0 Å². The lowest BCUT2D eigenvalue weighted by molar-refractivity contribution is -0.174. The molecule has 1 aromatic rings. The summed E-state index contributed by atoms with van der Waals surface area (Å²) in [5, 5.41) is 0. The standard InChI is InChI=1S/C33H56O4/c1-5-8-9-10-11-12-13-14-15-16-17-18-19-20-21-22-26-36-31(34)33(6-2,7-3)32(35)37-28-30-25-23-24-29(4)27-30/h23-25,27H,5-22,26,28H2,1-4H3. The number of rotatable bonds is 23. The molecule has 4 heteroatoms. The lowest BCUT2D eigenvalue weighted by atomic mass is 9.82. The molecular formula is C33H56O4. The van der Waals surface area contributed by atoms with Crippen molar-refractivity contribution in [3.05, 3.63) is 35.4 Å². The lowest BCUT2D eigenvalue weighted by Gasteiger charge is -2.27. The minimum atomic E-state index is -1.21. The molecule has 37 heavy (non-hydrogen) atoms. The normalized spacial score (nSPS) is 11.5. The Balaban J connectivity index is 2.11. The van der Waals surface area contributed by atoms with Crippen molar-refractivity contribution in [2.75, 3.05) is 6.61 Å². The van der Waals surface area contributed by atoms with Crippen molar-refractivity contribution in [3.8, 4) is 0 Å². The summed E-state index contributed by atoms with van der Waals surface area (Å²) in [6.07, 6.45) is 21.7. The van der Waals surface area contributed by atoms with Gasteiger partial charge in [0.2, 0.25) is 0 Å². The molecule has 0 unspecified atom stereocenters. The van der Waals surface area contributed by atoms with E-state index in [0.717, 1.165) is 24.0 Å². The Labute approximate surface area is 228 Å². The Morgan fingerprint density at radius 3 is 1.57 bits per heavy atom. The fourth-order valence-electron chi connectivity index (χ4n) is 4.95. The van der Waals surface area contributed by atoms with Crippen LogP contribution in [0.1, 0.15) is 147 Å². The van der Waals surface area contributed by atoms with Gasteiger partial charge in [-0.05, 0) is 31.7 Å². The Hall–Kier alpha value is -1.84. The predicted molar refractivity (Wildman–Crippen MR) is 154 cm³/mol. The maximum absolute atomic E-state index is 12.9. The molecule has 0 N–H and O–H groups in total. The smallest absolute Gasteiger partial charge is 0.323 e. The van der Waals surface area contributed by atoms with Crippen molar-refractivity contribution < 1.29 is 19.1 Å². The molecule has 0 fully saturated rings. The van der Waals surface area contributed by atoms with Gasteiger partial charge < -0.3 is 9.47 Å². The zero-order valence-electron chi connectivity index (χ0n) is 24.6. The molecule has 0 aromatic heterocycles. The average molecular weight is 517 g/mol. The van der Waals surface area contributed by atoms with Crippen molar-refractivity contribution >= 4 is 11.9 Å². The molecule has 0 saturated carbocycles. The number of ether oxygens (including phenoxy) is 2. The summed E-state index contributed by atoms with van der Waals surface area (Å²) in [4.78, 5) is 25.8. The van der Waals surface area contributed by atoms with E-state index in [9.17, 15) is 9.59 Å². The Morgan fingerprint density at radius 1 is 0.649 bits per heavy atom. The number of hydrogen-bond donors (Lipinski definition) is 0. The molecule has 0 aliphatic carbocycles. The van der Waals surface area contributed by atoms with E-state index < -0.39 is 17.4 Å². The molecule has 0 bridgehead atoms. The second-order valence-electron chi connectivity index (χ2n) is 10.8. The van der Waals surface area contributed by atoms with Crippen LogP contribution in [-0.4, -0.2) is 18.5 Å². The molecule has 0 saturated heterocycles. The van der Waals surface area contributed by atoms with Crippen LogP contribution in [-0.2, 0) is 25.7 Å². The third-order valence-corrected chi connectivity index (χ3v) is 7.67. The van der Waals surface area contributed by atoms with Crippen LogP contribution in [0.4, 0.5) is 0 Å². The van der Waals surface area contributed by atoms with Crippen LogP contribution < -0.4 is 0 Å². The highest BCUT2D eigenvalue weighted by Crippen LogP contribution is 2.31. The minimum Gasteiger partial charge on any atom is -0.465 e. The first-order valence-electron chi connectivity index (χ1n) is 15.4. The largest absolute Gasteiger partial charge is 0.465 e. The second kappa shape index (κ2) is 21.1. The summed E-state index contributed by atoms with van der Waals surface area (Å²) in [5.41, 5.74) is 0.832. The first kappa shape index (κ1) is 33.2. The number of esters is 2. The van der Waals surface area contributed by atoms with Crippen LogP contribution in [0.5, 0.6) is 0 Å². The highest BCUT2D eigenvalue weighted by molar-refractivity contribution is 6.00. The third kappa shape index (κ3) is 14.0.